The van der Waals surface area contributed by atoms with Crippen LogP contribution in [0, 0.1) is 0 Å². The van der Waals surface area contributed by atoms with Crippen molar-refractivity contribution in [2.45, 2.75) is 18.4 Å². The van der Waals surface area contributed by atoms with Crippen LogP contribution in [-0.2, 0) is 9.53 Å². The molecule has 2 aliphatic rings. The Morgan fingerprint density at radius 1 is 1.29 bits per heavy atom. The van der Waals surface area contributed by atoms with Gasteiger partial charge in [-0.3, -0.25) is 4.79 Å². The number of halogens is 1. The number of nitrogens with zero attached hydrogens (tertiary/aromatic N) is 1. The average molecular weight is 281 g/mol. The van der Waals surface area contributed by atoms with Crippen LogP contribution in [0.2, 0.25) is 0 Å². The number of methoxy groups -OCH3 is 1. The van der Waals surface area contributed by atoms with Crippen LogP contribution in [0.1, 0.15) is 12.8 Å². The zero-order chi connectivity index (χ0) is 11.4. The summed E-state index contributed by atoms with van der Waals surface area (Å²) in [4.78, 5) is 14.4. The van der Waals surface area contributed by atoms with Gasteiger partial charge in [-0.1, -0.05) is 0 Å². The molecule has 0 aromatic heterocycles. The van der Waals surface area contributed by atoms with E-state index in [1.807, 2.05) is 16.7 Å². The quantitative estimate of drug-likeness (QED) is 0.811. The Kier molecular flexibility index (Phi) is 6.06. The molecular weight excluding hydrogens is 260 g/mol. The summed E-state index contributed by atoms with van der Waals surface area (Å²) < 4.78 is 5.56. The molecule has 100 valence electrons. The number of carbonyl (C=O) groups is 1. The Morgan fingerprint density at radius 2 is 1.88 bits per heavy atom. The maximum Gasteiger partial charge on any atom is 0.254 e. The fourth-order valence-corrected chi connectivity index (χ4v) is 3.29. The van der Waals surface area contributed by atoms with Gasteiger partial charge in [0.25, 0.3) is 5.91 Å². The van der Waals surface area contributed by atoms with Crippen LogP contribution in [-0.4, -0.2) is 61.2 Å². The Morgan fingerprint density at radius 3 is 2.41 bits per heavy atom. The molecule has 6 heteroatoms. The van der Waals surface area contributed by atoms with Gasteiger partial charge in [0.2, 0.25) is 0 Å². The van der Waals surface area contributed by atoms with Crippen LogP contribution in [0.4, 0.5) is 0 Å². The first-order chi connectivity index (χ1) is 7.78. The zero-order valence-corrected chi connectivity index (χ0v) is 11.9. The van der Waals surface area contributed by atoms with Crippen molar-refractivity contribution in [1.82, 2.24) is 10.2 Å². The second kappa shape index (κ2) is 6.83. The molecule has 4 nitrogen and oxygen atoms in total. The van der Waals surface area contributed by atoms with Gasteiger partial charge >= 0.3 is 0 Å². The van der Waals surface area contributed by atoms with E-state index in [-0.39, 0.29) is 18.3 Å². The molecule has 2 aliphatic heterocycles. The number of amides is 1. The Balaban J connectivity index is 0.00000144. The first kappa shape index (κ1) is 15.1. The maximum atomic E-state index is 12.5. The predicted molar refractivity (Wildman–Crippen MR) is 73.0 cm³/mol. The molecule has 0 unspecified atom stereocenters. The van der Waals surface area contributed by atoms with Crippen molar-refractivity contribution in [3.05, 3.63) is 0 Å². The van der Waals surface area contributed by atoms with Crippen LogP contribution >= 0.6 is 24.2 Å². The van der Waals surface area contributed by atoms with Gasteiger partial charge in [0.15, 0.2) is 0 Å². The number of thioether (sulfide) groups is 1. The van der Waals surface area contributed by atoms with E-state index < -0.39 is 5.60 Å². The molecule has 2 heterocycles. The molecule has 0 spiro atoms. The monoisotopic (exact) mass is 280 g/mol. The first-order valence-electron chi connectivity index (χ1n) is 5.91. The summed E-state index contributed by atoms with van der Waals surface area (Å²) in [5.41, 5.74) is -0.548. The topological polar surface area (TPSA) is 41.6 Å². The SMILES string of the molecule is COC1(C(=O)N2CCSCC2)CCNCC1.Cl. The molecule has 17 heavy (non-hydrogen) atoms. The highest BCUT2D eigenvalue weighted by atomic mass is 35.5. The molecule has 2 fully saturated rings. The second-order valence-corrected chi connectivity index (χ2v) is 5.58. The Hall–Kier alpha value is 0.0300. The lowest BCUT2D eigenvalue weighted by molar-refractivity contribution is -0.157. The second-order valence-electron chi connectivity index (χ2n) is 4.35. The minimum Gasteiger partial charge on any atom is -0.368 e. The van der Waals surface area contributed by atoms with E-state index >= 15 is 0 Å². The molecule has 1 amide bonds. The van der Waals surface area contributed by atoms with E-state index in [0.717, 1.165) is 50.5 Å². The molecule has 0 aliphatic carbocycles. The van der Waals surface area contributed by atoms with E-state index in [2.05, 4.69) is 5.32 Å². The first-order valence-corrected chi connectivity index (χ1v) is 7.07. The summed E-state index contributed by atoms with van der Waals surface area (Å²) in [5, 5.41) is 3.28. The fraction of sp³-hybridized carbons (Fsp3) is 0.909. The van der Waals surface area contributed by atoms with Crippen LogP contribution < -0.4 is 5.32 Å². The molecule has 0 aromatic carbocycles. The van der Waals surface area contributed by atoms with Gasteiger partial charge in [0.1, 0.15) is 5.60 Å². The van der Waals surface area contributed by atoms with Crippen LogP contribution in [0.3, 0.4) is 0 Å². The number of hydrogen-bond acceptors (Lipinski definition) is 4. The molecule has 0 radical (unpaired) electrons. The van der Waals surface area contributed by atoms with Gasteiger partial charge in [-0.15, -0.1) is 12.4 Å². The third-order valence-electron chi connectivity index (χ3n) is 3.49. The number of piperidine rings is 1. The molecule has 2 saturated heterocycles. The van der Waals surface area contributed by atoms with Crippen LogP contribution in [0.5, 0.6) is 0 Å². The lowest BCUT2D eigenvalue weighted by Crippen LogP contribution is -2.56. The molecule has 0 atom stereocenters. The third-order valence-corrected chi connectivity index (χ3v) is 4.43. The number of carbonyl (C=O) groups excluding carboxylic acids is 1. The molecular formula is C11H21ClN2O2S. The highest BCUT2D eigenvalue weighted by Crippen LogP contribution is 2.26. The van der Waals surface area contributed by atoms with E-state index in [9.17, 15) is 4.79 Å². The summed E-state index contributed by atoms with van der Waals surface area (Å²) in [6.07, 6.45) is 1.60. The third kappa shape index (κ3) is 3.28. The molecule has 1 N–H and O–H groups in total. The smallest absolute Gasteiger partial charge is 0.254 e. The summed E-state index contributed by atoms with van der Waals surface area (Å²) in [5.74, 6) is 2.32. The summed E-state index contributed by atoms with van der Waals surface area (Å²) in [6.45, 7) is 3.51. The van der Waals surface area contributed by atoms with Crippen molar-refractivity contribution < 1.29 is 9.53 Å². The van der Waals surface area contributed by atoms with Crippen LogP contribution in [0.25, 0.3) is 0 Å². The van der Waals surface area contributed by atoms with E-state index in [1.54, 1.807) is 7.11 Å². The van der Waals surface area contributed by atoms with Crippen molar-refractivity contribution >= 4 is 30.1 Å². The van der Waals surface area contributed by atoms with E-state index in [0.29, 0.717) is 0 Å². The van der Waals surface area contributed by atoms with Crippen LogP contribution in [0.15, 0.2) is 0 Å². The largest absolute Gasteiger partial charge is 0.368 e. The fourth-order valence-electron chi connectivity index (χ4n) is 2.39. The van der Waals surface area contributed by atoms with Crippen molar-refractivity contribution in [3.8, 4) is 0 Å². The molecule has 0 bridgehead atoms. The summed E-state index contributed by atoms with van der Waals surface area (Å²) in [6, 6.07) is 0. The number of hydrogen-bond donors (Lipinski definition) is 1. The molecule has 0 saturated carbocycles. The highest BCUT2D eigenvalue weighted by molar-refractivity contribution is 7.99. The van der Waals surface area contributed by atoms with Crippen molar-refractivity contribution in [2.24, 2.45) is 0 Å². The molecule has 0 aromatic rings. The standard InChI is InChI=1S/C11H20N2O2S.ClH/c1-15-11(2-4-12-5-3-11)10(14)13-6-8-16-9-7-13;/h12H,2-9H2,1H3;1H. The lowest BCUT2D eigenvalue weighted by Gasteiger charge is -2.40. The predicted octanol–water partition coefficient (Wildman–Crippen LogP) is 0.752. The summed E-state index contributed by atoms with van der Waals surface area (Å²) in [7, 11) is 1.67. The van der Waals surface area contributed by atoms with Crippen molar-refractivity contribution in [2.75, 3.05) is 44.8 Å². The lowest BCUT2D eigenvalue weighted by atomic mass is 9.90. The summed E-state index contributed by atoms with van der Waals surface area (Å²) >= 11 is 1.92. The number of rotatable bonds is 2. The Bertz CT molecular complexity index is 254. The average Bonchev–Trinajstić information content (AvgIpc) is 2.39. The zero-order valence-electron chi connectivity index (χ0n) is 10.2. The van der Waals surface area contributed by atoms with Gasteiger partial charge in [-0.25, -0.2) is 0 Å². The van der Waals surface area contributed by atoms with Crippen molar-refractivity contribution in [3.63, 3.8) is 0 Å². The Labute approximate surface area is 113 Å². The van der Waals surface area contributed by atoms with Gasteiger partial charge < -0.3 is 15.0 Å². The minimum atomic E-state index is -0.548. The number of ether oxygens (including phenoxy) is 1. The highest BCUT2D eigenvalue weighted by Gasteiger charge is 2.42. The van der Waals surface area contributed by atoms with E-state index in [1.165, 1.54) is 0 Å². The number of nitrogens with one attached hydrogen (secondary N) is 1. The van der Waals surface area contributed by atoms with E-state index in [4.69, 9.17) is 4.74 Å². The normalized spacial score (nSPS) is 23.9. The maximum absolute atomic E-state index is 12.5. The van der Waals surface area contributed by atoms with Gasteiger partial charge in [-0.05, 0) is 25.9 Å². The van der Waals surface area contributed by atoms with Gasteiger partial charge in [-0.2, -0.15) is 11.8 Å². The van der Waals surface area contributed by atoms with Gasteiger partial charge in [0.05, 0.1) is 0 Å². The minimum absolute atomic E-state index is 0. The van der Waals surface area contributed by atoms with Gasteiger partial charge in [0, 0.05) is 31.7 Å². The van der Waals surface area contributed by atoms with Crippen molar-refractivity contribution in [1.29, 1.82) is 0 Å². The molecule has 2 rings (SSSR count).